The van der Waals surface area contributed by atoms with Crippen molar-refractivity contribution in [2.24, 2.45) is 5.10 Å². The summed E-state index contributed by atoms with van der Waals surface area (Å²) in [5.41, 5.74) is 3.87. The van der Waals surface area contributed by atoms with Crippen LogP contribution < -0.4 is 15.5 Å². The van der Waals surface area contributed by atoms with E-state index in [1.54, 1.807) is 32.2 Å². The van der Waals surface area contributed by atoms with E-state index in [0.717, 1.165) is 11.3 Å². The van der Waals surface area contributed by atoms with Gasteiger partial charge in [-0.05, 0) is 48.9 Å². The predicted molar refractivity (Wildman–Crippen MR) is 84.4 cm³/mol. The molecule has 7 heteroatoms. The van der Waals surface area contributed by atoms with Crippen molar-refractivity contribution in [1.29, 1.82) is 0 Å². The molecule has 0 radical (unpaired) electrons. The smallest absolute Gasteiger partial charge is 0.287 e. The molecule has 0 aliphatic heterocycles. The number of methoxy groups -OCH3 is 1. The third kappa shape index (κ3) is 4.70. The van der Waals surface area contributed by atoms with E-state index in [1.165, 1.54) is 12.3 Å². The largest absolute Gasteiger partial charge is 0.497 e. The minimum absolute atomic E-state index is 0.149. The summed E-state index contributed by atoms with van der Waals surface area (Å²) >= 11 is 0. The van der Waals surface area contributed by atoms with Gasteiger partial charge in [0.15, 0.2) is 5.76 Å². The Balaban J connectivity index is 1.83. The molecule has 7 nitrogen and oxygen atoms in total. The molecular weight excluding hydrogens is 298 g/mol. The van der Waals surface area contributed by atoms with Gasteiger partial charge in [-0.15, -0.1) is 0 Å². The van der Waals surface area contributed by atoms with Crippen LogP contribution in [0, 0.1) is 0 Å². The molecule has 0 saturated carbocycles. The molecule has 2 rings (SSSR count). The molecule has 0 atom stereocenters. The van der Waals surface area contributed by atoms with Crippen molar-refractivity contribution >= 4 is 17.5 Å². The number of hydrazone groups is 1. The van der Waals surface area contributed by atoms with Gasteiger partial charge in [-0.25, -0.2) is 5.43 Å². The monoisotopic (exact) mass is 315 g/mol. The molecule has 0 saturated heterocycles. The van der Waals surface area contributed by atoms with Gasteiger partial charge in [0.05, 0.1) is 25.6 Å². The van der Waals surface area contributed by atoms with Crippen molar-refractivity contribution in [2.45, 2.75) is 6.92 Å². The third-order valence-corrected chi connectivity index (χ3v) is 3.01. The van der Waals surface area contributed by atoms with E-state index in [1.807, 2.05) is 12.1 Å². The lowest BCUT2D eigenvalue weighted by Crippen LogP contribution is -2.35. The van der Waals surface area contributed by atoms with E-state index >= 15 is 0 Å². The molecule has 23 heavy (non-hydrogen) atoms. The first kappa shape index (κ1) is 16.3. The van der Waals surface area contributed by atoms with Crippen LogP contribution in [0.3, 0.4) is 0 Å². The zero-order chi connectivity index (χ0) is 16.7. The van der Waals surface area contributed by atoms with Crippen molar-refractivity contribution in [1.82, 2.24) is 10.7 Å². The molecule has 0 fully saturated rings. The van der Waals surface area contributed by atoms with E-state index in [4.69, 9.17) is 9.15 Å². The third-order valence-electron chi connectivity index (χ3n) is 3.01. The molecule has 2 aromatic rings. The number of hydrogen-bond donors (Lipinski definition) is 2. The summed E-state index contributed by atoms with van der Waals surface area (Å²) in [5.74, 6) is 0.000660. The summed E-state index contributed by atoms with van der Waals surface area (Å²) in [5, 5.41) is 6.42. The Labute approximate surface area is 133 Å². The molecule has 1 aromatic carbocycles. The van der Waals surface area contributed by atoms with Crippen molar-refractivity contribution in [3.05, 3.63) is 54.0 Å². The summed E-state index contributed by atoms with van der Waals surface area (Å²) < 4.78 is 10.00. The van der Waals surface area contributed by atoms with Crippen molar-refractivity contribution in [2.75, 3.05) is 13.7 Å². The molecular formula is C16H17N3O4. The van der Waals surface area contributed by atoms with Gasteiger partial charge in [0.25, 0.3) is 11.8 Å². The van der Waals surface area contributed by atoms with Gasteiger partial charge in [0.1, 0.15) is 5.75 Å². The van der Waals surface area contributed by atoms with Gasteiger partial charge in [0, 0.05) is 0 Å². The second-order valence-electron chi connectivity index (χ2n) is 4.62. The van der Waals surface area contributed by atoms with Crippen LogP contribution in [0.5, 0.6) is 5.75 Å². The molecule has 0 unspecified atom stereocenters. The van der Waals surface area contributed by atoms with Crippen molar-refractivity contribution in [3.63, 3.8) is 0 Å². The summed E-state index contributed by atoms with van der Waals surface area (Å²) in [6.45, 7) is 1.57. The Morgan fingerprint density at radius 3 is 2.57 bits per heavy atom. The fourth-order valence-electron chi connectivity index (χ4n) is 1.74. The summed E-state index contributed by atoms with van der Waals surface area (Å²) in [6.07, 6.45) is 1.39. The number of amides is 2. The van der Waals surface area contributed by atoms with E-state index in [9.17, 15) is 9.59 Å². The molecule has 1 heterocycles. The Kier molecular flexibility index (Phi) is 5.51. The van der Waals surface area contributed by atoms with Crippen LogP contribution in [0.4, 0.5) is 0 Å². The minimum atomic E-state index is -0.457. The number of benzene rings is 1. The maximum Gasteiger partial charge on any atom is 0.287 e. The summed E-state index contributed by atoms with van der Waals surface area (Å²) in [7, 11) is 1.59. The lowest BCUT2D eigenvalue weighted by atomic mass is 10.1. The van der Waals surface area contributed by atoms with Crippen LogP contribution in [0.1, 0.15) is 23.0 Å². The Hall–Kier alpha value is -3.09. The number of carbonyl (C=O) groups excluding carboxylic acids is 2. The van der Waals surface area contributed by atoms with Crippen LogP contribution in [0.15, 0.2) is 52.2 Å². The lowest BCUT2D eigenvalue weighted by molar-refractivity contribution is -0.120. The lowest BCUT2D eigenvalue weighted by Gasteiger charge is -2.05. The predicted octanol–water partition coefficient (Wildman–Crippen LogP) is 1.56. The van der Waals surface area contributed by atoms with Gasteiger partial charge < -0.3 is 14.5 Å². The van der Waals surface area contributed by atoms with Gasteiger partial charge in [-0.3, -0.25) is 9.59 Å². The maximum absolute atomic E-state index is 11.7. The molecule has 2 amide bonds. The number of nitrogens with zero attached hydrogens (tertiary/aromatic N) is 1. The number of ether oxygens (including phenoxy) is 1. The van der Waals surface area contributed by atoms with Crippen LogP contribution in [-0.4, -0.2) is 31.2 Å². The Bertz CT molecular complexity index is 691. The van der Waals surface area contributed by atoms with E-state index < -0.39 is 11.8 Å². The Morgan fingerprint density at radius 2 is 1.96 bits per heavy atom. The molecule has 1 aromatic heterocycles. The standard InChI is InChI=1S/C16H17N3O4/c1-11(12-5-7-13(22-2)8-6-12)18-19-15(20)10-17-16(21)14-4-3-9-23-14/h3-9H,10H2,1-2H3,(H,17,21)(H,19,20)/b18-11+. The highest BCUT2D eigenvalue weighted by molar-refractivity contribution is 5.99. The van der Waals surface area contributed by atoms with Gasteiger partial charge in [-0.2, -0.15) is 5.10 Å². The van der Waals surface area contributed by atoms with Crippen molar-refractivity contribution in [3.8, 4) is 5.75 Å². The first-order chi connectivity index (χ1) is 11.1. The summed E-state index contributed by atoms with van der Waals surface area (Å²) in [4.78, 5) is 23.3. The van der Waals surface area contributed by atoms with E-state index in [0.29, 0.717) is 5.71 Å². The van der Waals surface area contributed by atoms with Gasteiger partial charge in [-0.1, -0.05) is 0 Å². The van der Waals surface area contributed by atoms with Crippen molar-refractivity contribution < 1.29 is 18.7 Å². The van der Waals surface area contributed by atoms with Crippen LogP contribution in [-0.2, 0) is 4.79 Å². The SMILES string of the molecule is COc1ccc(/C(C)=N/NC(=O)CNC(=O)c2ccco2)cc1. The second kappa shape index (κ2) is 7.79. The highest BCUT2D eigenvalue weighted by atomic mass is 16.5. The highest BCUT2D eigenvalue weighted by Crippen LogP contribution is 2.11. The highest BCUT2D eigenvalue weighted by Gasteiger charge is 2.09. The molecule has 2 N–H and O–H groups in total. The fourth-order valence-corrected chi connectivity index (χ4v) is 1.74. The molecule has 0 aliphatic rings. The molecule has 0 bridgehead atoms. The average molecular weight is 315 g/mol. The minimum Gasteiger partial charge on any atom is -0.497 e. The van der Waals surface area contributed by atoms with E-state index in [-0.39, 0.29) is 12.3 Å². The zero-order valence-electron chi connectivity index (χ0n) is 12.8. The van der Waals surface area contributed by atoms with E-state index in [2.05, 4.69) is 15.8 Å². The Morgan fingerprint density at radius 1 is 1.22 bits per heavy atom. The fraction of sp³-hybridized carbons (Fsp3) is 0.188. The number of nitrogens with one attached hydrogen (secondary N) is 2. The molecule has 120 valence electrons. The van der Waals surface area contributed by atoms with Crippen LogP contribution >= 0.6 is 0 Å². The zero-order valence-corrected chi connectivity index (χ0v) is 12.8. The maximum atomic E-state index is 11.7. The average Bonchev–Trinajstić information content (AvgIpc) is 3.12. The summed E-state index contributed by atoms with van der Waals surface area (Å²) in [6, 6.07) is 10.4. The topological polar surface area (TPSA) is 92.9 Å². The first-order valence-electron chi connectivity index (χ1n) is 6.89. The normalized spacial score (nSPS) is 11.0. The number of rotatable bonds is 6. The number of furan rings is 1. The van der Waals surface area contributed by atoms with Crippen LogP contribution in [0.25, 0.3) is 0 Å². The second-order valence-corrected chi connectivity index (χ2v) is 4.62. The van der Waals surface area contributed by atoms with Crippen LogP contribution in [0.2, 0.25) is 0 Å². The van der Waals surface area contributed by atoms with Gasteiger partial charge in [0.2, 0.25) is 0 Å². The quantitative estimate of drug-likeness (QED) is 0.625. The first-order valence-corrected chi connectivity index (χ1v) is 6.89. The molecule has 0 spiro atoms. The molecule has 0 aliphatic carbocycles. The van der Waals surface area contributed by atoms with Gasteiger partial charge >= 0.3 is 0 Å². The number of carbonyl (C=O) groups is 2. The number of hydrogen-bond acceptors (Lipinski definition) is 5.